The molecule has 39 heavy (non-hydrogen) atoms. The van der Waals surface area contributed by atoms with Crippen molar-refractivity contribution in [1.29, 1.82) is 0 Å². The summed E-state index contributed by atoms with van der Waals surface area (Å²) in [6.45, 7) is 2.81. The quantitative estimate of drug-likeness (QED) is 0.269. The van der Waals surface area contributed by atoms with Gasteiger partial charge >= 0.3 is 0 Å². The number of nitrogens with zero attached hydrogens (tertiary/aromatic N) is 3. The lowest BCUT2D eigenvalue weighted by atomic mass is 10.1. The molecule has 2 amide bonds. The number of imidazole rings is 1. The molecule has 0 saturated carbocycles. The van der Waals surface area contributed by atoms with E-state index in [0.29, 0.717) is 40.4 Å². The van der Waals surface area contributed by atoms with E-state index >= 15 is 0 Å². The van der Waals surface area contributed by atoms with Crippen molar-refractivity contribution >= 4 is 41.0 Å². The highest BCUT2D eigenvalue weighted by molar-refractivity contribution is 6.31. The van der Waals surface area contributed by atoms with Crippen LogP contribution < -0.4 is 5.32 Å². The molecule has 1 aliphatic rings. The molecule has 4 aromatic rings. The van der Waals surface area contributed by atoms with Gasteiger partial charge in [-0.3, -0.25) is 19.5 Å². The van der Waals surface area contributed by atoms with Crippen molar-refractivity contribution in [3.8, 4) is 16.9 Å². The van der Waals surface area contributed by atoms with Crippen LogP contribution in [0.15, 0.2) is 79.0 Å². The zero-order valence-electron chi connectivity index (χ0n) is 21.4. The lowest BCUT2D eigenvalue weighted by Gasteiger charge is -2.25. The zero-order valence-corrected chi connectivity index (χ0v) is 23.0. The molecule has 1 N–H and O–H groups in total. The third kappa shape index (κ3) is 6.68. The highest BCUT2D eigenvalue weighted by atomic mass is 35.5. The number of benzene rings is 3. The fourth-order valence-corrected chi connectivity index (χ4v) is 4.83. The largest absolute Gasteiger partial charge is 0.376 e. The molecule has 0 spiro atoms. The van der Waals surface area contributed by atoms with Crippen LogP contribution in [0.4, 0.5) is 5.95 Å². The van der Waals surface area contributed by atoms with Crippen LogP contribution in [0.3, 0.4) is 0 Å². The molecule has 3 aromatic carbocycles. The van der Waals surface area contributed by atoms with Gasteiger partial charge in [0.05, 0.1) is 11.8 Å². The number of aromatic nitrogens is 2. The molecule has 0 bridgehead atoms. The number of carbonyl (C=O) groups is 2. The number of ether oxygens (including phenoxy) is 1. The molecule has 2 heterocycles. The summed E-state index contributed by atoms with van der Waals surface area (Å²) in [5.41, 5.74) is 3.80. The van der Waals surface area contributed by atoms with E-state index in [1.807, 2.05) is 49.5 Å². The number of rotatable bonds is 8. The van der Waals surface area contributed by atoms with Gasteiger partial charge in [-0.15, -0.1) is 0 Å². The molecule has 1 unspecified atom stereocenters. The van der Waals surface area contributed by atoms with E-state index in [1.54, 1.807) is 45.9 Å². The van der Waals surface area contributed by atoms with Gasteiger partial charge < -0.3 is 9.64 Å². The Kier molecular flexibility index (Phi) is 8.31. The fraction of sp³-hybridized carbons (Fsp3) is 0.233. The van der Waals surface area contributed by atoms with Gasteiger partial charge in [0.2, 0.25) is 11.9 Å². The minimum atomic E-state index is -0.370. The number of amides is 2. The fourth-order valence-electron chi connectivity index (χ4n) is 4.52. The molecule has 1 aromatic heterocycles. The average molecular weight is 563 g/mol. The Morgan fingerprint density at radius 1 is 1.05 bits per heavy atom. The van der Waals surface area contributed by atoms with E-state index in [4.69, 9.17) is 32.9 Å². The Hall–Kier alpha value is -3.65. The second-order valence-corrected chi connectivity index (χ2v) is 10.4. The normalized spacial score (nSPS) is 14.8. The molecule has 200 valence electrons. The summed E-state index contributed by atoms with van der Waals surface area (Å²) in [5.74, 6) is -0.280. The first-order valence-corrected chi connectivity index (χ1v) is 13.5. The Morgan fingerprint density at radius 2 is 1.82 bits per heavy atom. The molecule has 1 saturated heterocycles. The first-order valence-electron chi connectivity index (χ1n) is 12.7. The van der Waals surface area contributed by atoms with Crippen molar-refractivity contribution in [2.75, 3.05) is 25.0 Å². The van der Waals surface area contributed by atoms with Crippen molar-refractivity contribution in [1.82, 2.24) is 14.5 Å². The maximum atomic E-state index is 13.4. The molecule has 1 aliphatic heterocycles. The first-order chi connectivity index (χ1) is 18.9. The molecular formula is C30H28Cl2N4O3. The predicted octanol–water partition coefficient (Wildman–Crippen LogP) is 6.41. The Labute approximate surface area is 237 Å². The number of hydrogen-bond acceptors (Lipinski definition) is 4. The Balaban J connectivity index is 1.41. The van der Waals surface area contributed by atoms with Crippen molar-refractivity contribution in [3.05, 3.63) is 100 Å². The summed E-state index contributed by atoms with van der Waals surface area (Å²) in [7, 11) is 0. The van der Waals surface area contributed by atoms with E-state index in [-0.39, 0.29) is 24.5 Å². The lowest BCUT2D eigenvalue weighted by molar-refractivity contribution is -0.117. The van der Waals surface area contributed by atoms with Crippen LogP contribution in [0.1, 0.15) is 28.8 Å². The summed E-state index contributed by atoms with van der Waals surface area (Å²) in [6, 6.07) is 21.9. The van der Waals surface area contributed by atoms with Crippen LogP contribution in [-0.4, -0.2) is 52.1 Å². The maximum Gasteiger partial charge on any atom is 0.254 e. The second-order valence-electron chi connectivity index (χ2n) is 9.54. The summed E-state index contributed by atoms with van der Waals surface area (Å²) in [4.78, 5) is 33.0. The third-order valence-electron chi connectivity index (χ3n) is 6.55. The van der Waals surface area contributed by atoms with E-state index in [9.17, 15) is 9.59 Å². The maximum absolute atomic E-state index is 13.4. The van der Waals surface area contributed by atoms with Gasteiger partial charge in [-0.05, 0) is 62.2 Å². The Bertz CT molecular complexity index is 1460. The van der Waals surface area contributed by atoms with E-state index < -0.39 is 0 Å². The molecular weight excluding hydrogens is 535 g/mol. The second kappa shape index (κ2) is 12.0. The van der Waals surface area contributed by atoms with Crippen LogP contribution in [0, 0.1) is 6.92 Å². The molecule has 0 radical (unpaired) electrons. The molecule has 9 heteroatoms. The molecule has 0 aliphatic carbocycles. The van der Waals surface area contributed by atoms with Gasteiger partial charge in [-0.2, -0.15) is 0 Å². The van der Waals surface area contributed by atoms with Gasteiger partial charge in [0, 0.05) is 46.2 Å². The standard InChI is InChI=1S/C30H28Cl2N4O3/c1-20-7-9-22(10-8-20)29(38)35(17-26-6-3-15-39-26)19-28(37)34-30-33-27(21-11-13-23(31)14-12-21)18-36(30)25-5-2-4-24(32)16-25/h2,4-5,7-14,16,18,26H,3,6,15,17,19H2,1H3,(H,33,34,37). The smallest absolute Gasteiger partial charge is 0.254 e. The topological polar surface area (TPSA) is 76.5 Å². The van der Waals surface area contributed by atoms with E-state index in [0.717, 1.165) is 29.7 Å². The molecule has 1 atom stereocenters. The highest BCUT2D eigenvalue weighted by Crippen LogP contribution is 2.27. The van der Waals surface area contributed by atoms with Gasteiger partial charge in [-0.25, -0.2) is 4.98 Å². The minimum absolute atomic E-state index is 0.0999. The number of nitrogens with one attached hydrogen (secondary N) is 1. The number of carbonyl (C=O) groups excluding carboxylic acids is 2. The van der Waals surface area contributed by atoms with Crippen LogP contribution in [-0.2, 0) is 9.53 Å². The third-order valence-corrected chi connectivity index (χ3v) is 7.04. The number of aryl methyl sites for hydroxylation is 1. The number of halogens is 2. The van der Waals surface area contributed by atoms with Crippen molar-refractivity contribution in [2.45, 2.75) is 25.9 Å². The SMILES string of the molecule is Cc1ccc(C(=O)N(CC(=O)Nc2nc(-c3ccc(Cl)cc3)cn2-c2cccc(Cl)c2)CC2CCCO2)cc1. The highest BCUT2D eigenvalue weighted by Gasteiger charge is 2.26. The number of hydrogen-bond donors (Lipinski definition) is 1. The summed E-state index contributed by atoms with van der Waals surface area (Å²) in [5, 5.41) is 4.08. The van der Waals surface area contributed by atoms with Crippen molar-refractivity contribution in [2.24, 2.45) is 0 Å². The van der Waals surface area contributed by atoms with Crippen LogP contribution >= 0.6 is 23.2 Å². The van der Waals surface area contributed by atoms with Crippen LogP contribution in [0.2, 0.25) is 10.0 Å². The average Bonchev–Trinajstić information content (AvgIpc) is 3.59. The minimum Gasteiger partial charge on any atom is -0.376 e. The summed E-state index contributed by atoms with van der Waals surface area (Å²) >= 11 is 12.3. The van der Waals surface area contributed by atoms with Gasteiger partial charge in [0.15, 0.2) is 0 Å². The van der Waals surface area contributed by atoms with Crippen LogP contribution in [0.25, 0.3) is 16.9 Å². The monoisotopic (exact) mass is 562 g/mol. The molecule has 7 nitrogen and oxygen atoms in total. The first kappa shape index (κ1) is 26.9. The summed E-state index contributed by atoms with van der Waals surface area (Å²) in [6.07, 6.45) is 3.51. The Morgan fingerprint density at radius 3 is 2.51 bits per heavy atom. The van der Waals surface area contributed by atoms with E-state index in [2.05, 4.69) is 5.32 Å². The van der Waals surface area contributed by atoms with Crippen molar-refractivity contribution < 1.29 is 14.3 Å². The predicted molar refractivity (Wildman–Crippen MR) is 154 cm³/mol. The number of anilines is 1. The van der Waals surface area contributed by atoms with E-state index in [1.165, 1.54) is 0 Å². The lowest BCUT2D eigenvalue weighted by Crippen LogP contribution is -2.42. The van der Waals surface area contributed by atoms with Gasteiger partial charge in [-0.1, -0.05) is 59.1 Å². The van der Waals surface area contributed by atoms with Crippen molar-refractivity contribution in [3.63, 3.8) is 0 Å². The summed E-state index contributed by atoms with van der Waals surface area (Å²) < 4.78 is 7.54. The zero-order chi connectivity index (χ0) is 27.4. The molecule has 5 rings (SSSR count). The van der Waals surface area contributed by atoms with Gasteiger partial charge in [0.1, 0.15) is 6.54 Å². The van der Waals surface area contributed by atoms with Crippen LogP contribution in [0.5, 0.6) is 0 Å². The van der Waals surface area contributed by atoms with Gasteiger partial charge in [0.25, 0.3) is 5.91 Å². The molecule has 1 fully saturated rings.